The topological polar surface area (TPSA) is 23.8 Å². The van der Waals surface area contributed by atoms with E-state index in [0.717, 1.165) is 23.5 Å². The highest BCUT2D eigenvalue weighted by Gasteiger charge is 2.27. The number of nitriles is 1. The van der Waals surface area contributed by atoms with Crippen molar-refractivity contribution in [1.82, 2.24) is 0 Å². The van der Waals surface area contributed by atoms with Gasteiger partial charge >= 0.3 is 0 Å². The largest absolute Gasteiger partial charge is 0.247 e. The van der Waals surface area contributed by atoms with Crippen LogP contribution in [0, 0.1) is 17.2 Å². The van der Waals surface area contributed by atoms with Gasteiger partial charge in [0.15, 0.2) is 0 Å². The van der Waals surface area contributed by atoms with Gasteiger partial charge in [0, 0.05) is 12.0 Å². The summed E-state index contributed by atoms with van der Waals surface area (Å²) in [5, 5.41) is 8.85. The predicted molar refractivity (Wildman–Crippen MR) is 48.7 cm³/mol. The van der Waals surface area contributed by atoms with Crippen LogP contribution in [0.5, 0.6) is 0 Å². The van der Waals surface area contributed by atoms with E-state index in [2.05, 4.69) is 6.07 Å². The first-order valence-electron chi connectivity index (χ1n) is 5.04. The molecule has 0 aromatic heterocycles. The SMILES string of the molecule is N#CC1=C(CC2CC2)C[C@H](F)CC1. The van der Waals surface area contributed by atoms with E-state index in [4.69, 9.17) is 5.26 Å². The lowest BCUT2D eigenvalue weighted by molar-refractivity contribution is 0.298. The zero-order chi connectivity index (χ0) is 9.26. The predicted octanol–water partition coefficient (Wildman–Crippen LogP) is 3.13. The van der Waals surface area contributed by atoms with Crippen molar-refractivity contribution in [3.63, 3.8) is 0 Å². The molecule has 13 heavy (non-hydrogen) atoms. The van der Waals surface area contributed by atoms with Crippen LogP contribution in [0.25, 0.3) is 0 Å². The maximum atomic E-state index is 13.1. The number of rotatable bonds is 2. The molecule has 0 saturated heterocycles. The van der Waals surface area contributed by atoms with Crippen LogP contribution >= 0.6 is 0 Å². The van der Waals surface area contributed by atoms with Crippen LogP contribution in [-0.4, -0.2) is 6.17 Å². The summed E-state index contributed by atoms with van der Waals surface area (Å²) in [5.41, 5.74) is 1.99. The summed E-state index contributed by atoms with van der Waals surface area (Å²) in [6, 6.07) is 2.22. The number of alkyl halides is 1. The van der Waals surface area contributed by atoms with Crippen LogP contribution in [0.3, 0.4) is 0 Å². The van der Waals surface area contributed by atoms with Crippen molar-refractivity contribution in [1.29, 1.82) is 5.26 Å². The maximum Gasteiger partial charge on any atom is 0.104 e. The van der Waals surface area contributed by atoms with Crippen molar-refractivity contribution < 1.29 is 4.39 Å². The lowest BCUT2D eigenvalue weighted by Gasteiger charge is -2.19. The second-order valence-corrected chi connectivity index (χ2v) is 4.18. The highest BCUT2D eigenvalue weighted by atomic mass is 19.1. The van der Waals surface area contributed by atoms with Gasteiger partial charge in [0.2, 0.25) is 0 Å². The molecule has 0 heterocycles. The van der Waals surface area contributed by atoms with E-state index < -0.39 is 6.17 Å². The van der Waals surface area contributed by atoms with Gasteiger partial charge in [-0.25, -0.2) is 4.39 Å². The van der Waals surface area contributed by atoms with Crippen molar-refractivity contribution in [3.8, 4) is 6.07 Å². The molecule has 0 aromatic rings. The molecule has 1 fully saturated rings. The van der Waals surface area contributed by atoms with E-state index in [1.807, 2.05) is 0 Å². The molecule has 0 bridgehead atoms. The number of nitrogens with zero attached hydrogens (tertiary/aromatic N) is 1. The monoisotopic (exact) mass is 179 g/mol. The lowest BCUT2D eigenvalue weighted by Crippen LogP contribution is -2.10. The maximum absolute atomic E-state index is 13.1. The summed E-state index contributed by atoms with van der Waals surface area (Å²) < 4.78 is 13.1. The van der Waals surface area contributed by atoms with E-state index >= 15 is 0 Å². The summed E-state index contributed by atoms with van der Waals surface area (Å²) in [6.45, 7) is 0. The van der Waals surface area contributed by atoms with Gasteiger partial charge in [0.05, 0.1) is 6.07 Å². The van der Waals surface area contributed by atoms with Gasteiger partial charge in [-0.3, -0.25) is 0 Å². The molecule has 0 radical (unpaired) electrons. The second-order valence-electron chi connectivity index (χ2n) is 4.18. The third-order valence-electron chi connectivity index (χ3n) is 2.97. The lowest BCUT2D eigenvalue weighted by atomic mass is 9.88. The molecule has 0 aliphatic heterocycles. The normalized spacial score (nSPS) is 28.8. The van der Waals surface area contributed by atoms with Crippen molar-refractivity contribution >= 4 is 0 Å². The Hall–Kier alpha value is -0.840. The van der Waals surface area contributed by atoms with Gasteiger partial charge in [-0.05, 0) is 38.0 Å². The molecule has 2 aliphatic rings. The third kappa shape index (κ3) is 2.09. The van der Waals surface area contributed by atoms with E-state index in [1.165, 1.54) is 12.8 Å². The highest BCUT2D eigenvalue weighted by molar-refractivity contribution is 5.31. The van der Waals surface area contributed by atoms with Gasteiger partial charge in [-0.1, -0.05) is 5.57 Å². The Labute approximate surface area is 78.2 Å². The number of allylic oxidation sites excluding steroid dienone is 2. The van der Waals surface area contributed by atoms with E-state index in [0.29, 0.717) is 19.3 Å². The minimum atomic E-state index is -0.689. The summed E-state index contributed by atoms with van der Waals surface area (Å²) in [5.74, 6) is 0.767. The van der Waals surface area contributed by atoms with Gasteiger partial charge in [-0.15, -0.1) is 0 Å². The number of hydrogen-bond acceptors (Lipinski definition) is 1. The highest BCUT2D eigenvalue weighted by Crippen LogP contribution is 2.39. The standard InChI is InChI=1S/C11H14FN/c12-11-4-3-9(7-13)10(6-11)5-8-1-2-8/h8,11H,1-6H2/t11-/m1/s1. The molecule has 0 unspecified atom stereocenters. The zero-order valence-corrected chi connectivity index (χ0v) is 7.72. The second kappa shape index (κ2) is 3.49. The fraction of sp³-hybridized carbons (Fsp3) is 0.727. The van der Waals surface area contributed by atoms with Gasteiger partial charge in [0.25, 0.3) is 0 Å². The van der Waals surface area contributed by atoms with Crippen molar-refractivity contribution in [2.75, 3.05) is 0 Å². The molecule has 0 N–H and O–H groups in total. The molecule has 2 aliphatic carbocycles. The average molecular weight is 179 g/mol. The van der Waals surface area contributed by atoms with Crippen LogP contribution < -0.4 is 0 Å². The number of halogens is 1. The quantitative estimate of drug-likeness (QED) is 0.638. The van der Waals surface area contributed by atoms with Gasteiger partial charge in [0.1, 0.15) is 6.17 Å². The Balaban J connectivity index is 2.07. The summed E-state index contributed by atoms with van der Waals surface area (Å²) in [6.07, 6.45) is 4.60. The molecule has 70 valence electrons. The van der Waals surface area contributed by atoms with Crippen LogP contribution in [-0.2, 0) is 0 Å². The third-order valence-corrected chi connectivity index (χ3v) is 2.97. The Morgan fingerprint density at radius 1 is 1.38 bits per heavy atom. The summed E-state index contributed by atoms with van der Waals surface area (Å²) >= 11 is 0. The minimum Gasteiger partial charge on any atom is -0.247 e. The van der Waals surface area contributed by atoms with Crippen LogP contribution in [0.2, 0.25) is 0 Å². The first-order chi connectivity index (χ1) is 6.29. The Morgan fingerprint density at radius 2 is 2.15 bits per heavy atom. The molecule has 0 amide bonds. The molecule has 1 atom stereocenters. The molecule has 2 rings (SSSR count). The van der Waals surface area contributed by atoms with Crippen LogP contribution in [0.4, 0.5) is 4.39 Å². The molecule has 2 heteroatoms. The molecular weight excluding hydrogens is 165 g/mol. The van der Waals surface area contributed by atoms with Crippen molar-refractivity contribution in [2.24, 2.45) is 5.92 Å². The fourth-order valence-electron chi connectivity index (χ4n) is 1.98. The summed E-state index contributed by atoms with van der Waals surface area (Å²) in [7, 11) is 0. The number of hydrogen-bond donors (Lipinski definition) is 0. The van der Waals surface area contributed by atoms with Crippen LogP contribution in [0.1, 0.15) is 38.5 Å². The van der Waals surface area contributed by atoms with Crippen molar-refractivity contribution in [3.05, 3.63) is 11.1 Å². The van der Waals surface area contributed by atoms with E-state index in [9.17, 15) is 4.39 Å². The minimum absolute atomic E-state index is 0.527. The molecule has 0 aromatic carbocycles. The molecule has 0 spiro atoms. The first-order valence-corrected chi connectivity index (χ1v) is 5.04. The average Bonchev–Trinajstić information content (AvgIpc) is 2.89. The first kappa shape index (κ1) is 8.74. The van der Waals surface area contributed by atoms with Crippen molar-refractivity contribution in [2.45, 2.75) is 44.7 Å². The Morgan fingerprint density at radius 3 is 2.77 bits per heavy atom. The summed E-state index contributed by atoms with van der Waals surface area (Å²) in [4.78, 5) is 0. The molecule has 1 nitrogen and oxygen atoms in total. The smallest absolute Gasteiger partial charge is 0.104 e. The Bertz CT molecular complexity index is 270. The zero-order valence-electron chi connectivity index (χ0n) is 7.72. The fourth-order valence-corrected chi connectivity index (χ4v) is 1.98. The van der Waals surface area contributed by atoms with Gasteiger partial charge in [-0.2, -0.15) is 5.26 Å². The van der Waals surface area contributed by atoms with Gasteiger partial charge < -0.3 is 0 Å². The van der Waals surface area contributed by atoms with E-state index in [-0.39, 0.29) is 0 Å². The van der Waals surface area contributed by atoms with Crippen LogP contribution in [0.15, 0.2) is 11.1 Å². The van der Waals surface area contributed by atoms with E-state index in [1.54, 1.807) is 0 Å². The molecule has 1 saturated carbocycles. The molecular formula is C11H14FN. The Kier molecular flexibility index (Phi) is 2.35.